The van der Waals surface area contributed by atoms with Crippen molar-refractivity contribution in [3.8, 4) is 5.75 Å². The van der Waals surface area contributed by atoms with Crippen LogP contribution >= 0.6 is 0 Å². The van der Waals surface area contributed by atoms with E-state index in [9.17, 15) is 22.8 Å². The number of benzene rings is 1. The maximum Gasteiger partial charge on any atom is 0.325 e. The number of methoxy groups -OCH3 is 1. The predicted molar refractivity (Wildman–Crippen MR) is 106 cm³/mol. The molecule has 29 heavy (non-hydrogen) atoms. The van der Waals surface area contributed by atoms with Crippen molar-refractivity contribution in [3.63, 3.8) is 0 Å². The van der Waals surface area contributed by atoms with Gasteiger partial charge >= 0.3 is 5.69 Å². The molecule has 1 aromatic heterocycles. The van der Waals surface area contributed by atoms with E-state index in [1.54, 1.807) is 24.3 Å². The molecule has 0 unspecified atom stereocenters. The number of H-pyrrole nitrogens is 2. The van der Waals surface area contributed by atoms with Crippen LogP contribution in [0.3, 0.4) is 0 Å². The van der Waals surface area contributed by atoms with E-state index in [1.165, 1.54) is 14.0 Å². The number of rotatable bonds is 5. The summed E-state index contributed by atoms with van der Waals surface area (Å²) in [7, 11) is -2.69. The Kier molecular flexibility index (Phi) is 5.89. The van der Waals surface area contributed by atoms with Gasteiger partial charge in [-0.3, -0.25) is 14.6 Å². The van der Waals surface area contributed by atoms with Gasteiger partial charge in [-0.1, -0.05) is 12.1 Å². The Morgan fingerprint density at radius 1 is 1.24 bits per heavy atom. The molecule has 1 aromatic carbocycles. The SMILES string of the molecule is COc1ccccc1NC(=O)[C@@H]1CCCN(S(=O)(=O)c2c(C)[nH]c(=O)[nH]c2=O)C1. The number of nitrogens with one attached hydrogen (secondary N) is 3. The van der Waals surface area contributed by atoms with Crippen molar-refractivity contribution in [2.24, 2.45) is 5.92 Å². The highest BCUT2D eigenvalue weighted by Crippen LogP contribution is 2.27. The van der Waals surface area contributed by atoms with Crippen molar-refractivity contribution < 1.29 is 17.9 Å². The molecular formula is C18H22N4O6S. The Labute approximate surface area is 167 Å². The van der Waals surface area contributed by atoms with Gasteiger partial charge in [0.25, 0.3) is 5.56 Å². The lowest BCUT2D eigenvalue weighted by atomic mass is 9.98. The number of aryl methyl sites for hydroxylation is 1. The zero-order valence-electron chi connectivity index (χ0n) is 16.0. The van der Waals surface area contributed by atoms with Crippen LogP contribution in [0.5, 0.6) is 5.75 Å². The van der Waals surface area contributed by atoms with Crippen molar-refractivity contribution in [1.29, 1.82) is 0 Å². The first kappa shape index (κ1) is 20.8. The summed E-state index contributed by atoms with van der Waals surface area (Å²) in [6, 6.07) is 6.92. The second-order valence-corrected chi connectivity index (χ2v) is 8.63. The van der Waals surface area contributed by atoms with Crippen LogP contribution in [-0.4, -0.2) is 48.8 Å². The number of hydrogen-bond donors (Lipinski definition) is 3. The van der Waals surface area contributed by atoms with Crippen LogP contribution < -0.4 is 21.3 Å². The van der Waals surface area contributed by atoms with Gasteiger partial charge in [0, 0.05) is 18.8 Å². The largest absolute Gasteiger partial charge is 0.495 e. The highest BCUT2D eigenvalue weighted by molar-refractivity contribution is 7.89. The number of piperidine rings is 1. The molecule has 1 amide bonds. The number of aromatic nitrogens is 2. The van der Waals surface area contributed by atoms with Crippen LogP contribution in [0.1, 0.15) is 18.5 Å². The highest BCUT2D eigenvalue weighted by atomic mass is 32.2. The monoisotopic (exact) mass is 422 g/mol. The third-order valence-electron chi connectivity index (χ3n) is 4.79. The summed E-state index contributed by atoms with van der Waals surface area (Å²) in [4.78, 5) is 39.9. The number of carbonyl (C=O) groups excluding carboxylic acids is 1. The van der Waals surface area contributed by atoms with Crippen LogP contribution in [-0.2, 0) is 14.8 Å². The van der Waals surface area contributed by atoms with Gasteiger partial charge in [0.2, 0.25) is 15.9 Å². The van der Waals surface area contributed by atoms with Gasteiger partial charge in [-0.05, 0) is 31.9 Å². The van der Waals surface area contributed by atoms with Gasteiger partial charge in [-0.15, -0.1) is 0 Å². The summed E-state index contributed by atoms with van der Waals surface area (Å²) in [5.41, 5.74) is -1.31. The first-order valence-corrected chi connectivity index (χ1v) is 10.4. The number of sulfonamides is 1. The molecule has 0 aliphatic carbocycles. The minimum absolute atomic E-state index is 0.0423. The average Bonchev–Trinajstić information content (AvgIpc) is 2.67. The summed E-state index contributed by atoms with van der Waals surface area (Å²) in [6.07, 6.45) is 0.970. The second-order valence-electron chi connectivity index (χ2n) is 6.75. The van der Waals surface area contributed by atoms with E-state index in [-0.39, 0.29) is 24.7 Å². The minimum atomic E-state index is -4.18. The maximum absolute atomic E-state index is 13.0. The normalized spacial score (nSPS) is 17.7. The fourth-order valence-electron chi connectivity index (χ4n) is 3.39. The van der Waals surface area contributed by atoms with Gasteiger partial charge in [0.05, 0.1) is 18.7 Å². The average molecular weight is 422 g/mol. The van der Waals surface area contributed by atoms with E-state index >= 15 is 0 Å². The van der Waals surface area contributed by atoms with Crippen LogP contribution in [0.2, 0.25) is 0 Å². The molecule has 156 valence electrons. The molecule has 11 heteroatoms. The van der Waals surface area contributed by atoms with E-state index in [1.807, 2.05) is 4.98 Å². The summed E-state index contributed by atoms with van der Waals surface area (Å²) in [5, 5.41) is 2.77. The zero-order chi connectivity index (χ0) is 21.2. The number of amides is 1. The lowest BCUT2D eigenvalue weighted by Crippen LogP contribution is -2.45. The first-order valence-electron chi connectivity index (χ1n) is 9.01. The molecule has 3 N–H and O–H groups in total. The molecule has 2 heterocycles. The van der Waals surface area contributed by atoms with Crippen LogP contribution in [0.25, 0.3) is 0 Å². The minimum Gasteiger partial charge on any atom is -0.495 e. The molecule has 1 aliphatic heterocycles. The number of carbonyl (C=O) groups is 1. The Morgan fingerprint density at radius 2 is 1.97 bits per heavy atom. The third kappa shape index (κ3) is 4.25. The number of para-hydroxylation sites is 2. The Bertz CT molecular complexity index is 1140. The van der Waals surface area contributed by atoms with E-state index in [4.69, 9.17) is 4.74 Å². The van der Waals surface area contributed by atoms with Crippen molar-refractivity contribution in [1.82, 2.24) is 14.3 Å². The highest BCUT2D eigenvalue weighted by Gasteiger charge is 2.36. The Balaban J connectivity index is 1.82. The molecule has 1 fully saturated rings. The molecule has 1 atom stereocenters. The van der Waals surface area contributed by atoms with E-state index in [2.05, 4.69) is 10.3 Å². The second kappa shape index (κ2) is 8.21. The summed E-state index contributed by atoms with van der Waals surface area (Å²) in [5.74, 6) is -0.427. The molecule has 0 spiro atoms. The number of anilines is 1. The van der Waals surface area contributed by atoms with Crippen molar-refractivity contribution in [2.75, 3.05) is 25.5 Å². The van der Waals surface area contributed by atoms with Gasteiger partial charge < -0.3 is 15.0 Å². The Hall–Kier alpha value is -2.92. The van der Waals surface area contributed by atoms with E-state index in [0.717, 1.165) is 4.31 Å². The maximum atomic E-state index is 13.0. The van der Waals surface area contributed by atoms with Gasteiger partial charge in [0.15, 0.2) is 4.90 Å². The Morgan fingerprint density at radius 3 is 2.66 bits per heavy atom. The zero-order valence-corrected chi connectivity index (χ0v) is 16.8. The predicted octanol–water partition coefficient (Wildman–Crippen LogP) is 0.420. The topological polar surface area (TPSA) is 141 Å². The molecule has 1 aliphatic rings. The van der Waals surface area contributed by atoms with Crippen molar-refractivity contribution in [2.45, 2.75) is 24.7 Å². The fraction of sp³-hybridized carbons (Fsp3) is 0.389. The molecule has 3 rings (SSSR count). The first-order chi connectivity index (χ1) is 13.7. The molecule has 0 saturated carbocycles. The number of nitrogens with zero attached hydrogens (tertiary/aromatic N) is 1. The summed E-state index contributed by atoms with van der Waals surface area (Å²) in [6.45, 7) is 1.46. The molecular weight excluding hydrogens is 400 g/mol. The standard InChI is InChI=1S/C18H22N4O6S/c1-11-15(17(24)21-18(25)19-11)29(26,27)22-9-5-6-12(10-22)16(23)20-13-7-3-4-8-14(13)28-2/h3-4,7-8,12H,5-6,9-10H2,1-2H3,(H,20,23)(H2,19,21,24,25)/t12-/m1/s1. The smallest absolute Gasteiger partial charge is 0.325 e. The van der Waals surface area contributed by atoms with Crippen LogP contribution in [0.15, 0.2) is 38.8 Å². The fourth-order valence-corrected chi connectivity index (χ4v) is 5.11. The summed E-state index contributed by atoms with van der Waals surface area (Å²) >= 11 is 0. The van der Waals surface area contributed by atoms with E-state index in [0.29, 0.717) is 24.3 Å². The molecule has 2 aromatic rings. The third-order valence-corrected chi connectivity index (χ3v) is 6.81. The number of hydrogen-bond acceptors (Lipinski definition) is 6. The quantitative estimate of drug-likeness (QED) is 0.638. The van der Waals surface area contributed by atoms with E-state index < -0.39 is 32.1 Å². The van der Waals surface area contributed by atoms with Crippen LogP contribution in [0.4, 0.5) is 5.69 Å². The van der Waals surface area contributed by atoms with Gasteiger partial charge in [-0.2, -0.15) is 4.31 Å². The number of aromatic amines is 2. The molecule has 1 saturated heterocycles. The molecule has 0 bridgehead atoms. The number of ether oxygens (including phenoxy) is 1. The summed E-state index contributed by atoms with van der Waals surface area (Å²) < 4.78 is 32.3. The van der Waals surface area contributed by atoms with Crippen molar-refractivity contribution in [3.05, 3.63) is 50.8 Å². The lowest BCUT2D eigenvalue weighted by molar-refractivity contribution is -0.120. The van der Waals surface area contributed by atoms with Gasteiger partial charge in [-0.25, -0.2) is 13.2 Å². The van der Waals surface area contributed by atoms with Crippen molar-refractivity contribution >= 4 is 21.6 Å². The van der Waals surface area contributed by atoms with Crippen LogP contribution in [0, 0.1) is 12.8 Å². The molecule has 10 nitrogen and oxygen atoms in total. The van der Waals surface area contributed by atoms with Gasteiger partial charge in [0.1, 0.15) is 5.75 Å². The molecule has 0 radical (unpaired) electrons. The lowest BCUT2D eigenvalue weighted by Gasteiger charge is -2.31.